The molecule has 9 heteroatoms. The Kier molecular flexibility index (Phi) is 9.92. The normalized spacial score (nSPS) is 23.2. The molecule has 0 aliphatic heterocycles. The van der Waals surface area contributed by atoms with Crippen molar-refractivity contribution in [3.8, 4) is 17.6 Å². The predicted molar refractivity (Wildman–Crippen MR) is 121 cm³/mol. The van der Waals surface area contributed by atoms with Crippen LogP contribution in [0, 0.1) is 17.2 Å². The molecule has 9 nitrogen and oxygen atoms in total. The number of aliphatic hydroxyl groups excluding tert-OH is 3. The number of carbonyl (C=O) groups is 1. The van der Waals surface area contributed by atoms with Crippen LogP contribution in [0.25, 0.3) is 0 Å². The van der Waals surface area contributed by atoms with Crippen LogP contribution in [-0.4, -0.2) is 65.0 Å². The van der Waals surface area contributed by atoms with Crippen LogP contribution in [0.3, 0.4) is 0 Å². The Morgan fingerprint density at radius 3 is 2.12 bits per heavy atom. The number of aliphatic hydroxyl groups is 3. The van der Waals surface area contributed by atoms with Crippen molar-refractivity contribution in [2.24, 2.45) is 11.7 Å². The highest BCUT2D eigenvalue weighted by atomic mass is 16.5. The molecule has 3 rings (SSSR count). The molecule has 0 amide bonds. The Bertz CT molecular complexity index is 797. The Hall–Kier alpha value is -2.38. The van der Waals surface area contributed by atoms with Crippen LogP contribution in [-0.2, 0) is 10.2 Å². The molecule has 1 aromatic rings. The molecule has 6 N–H and O–H groups in total. The van der Waals surface area contributed by atoms with E-state index >= 15 is 0 Å². The van der Waals surface area contributed by atoms with Crippen LogP contribution >= 0.6 is 0 Å². The van der Waals surface area contributed by atoms with Gasteiger partial charge in [0.15, 0.2) is 11.5 Å². The van der Waals surface area contributed by atoms with E-state index in [0.717, 1.165) is 18.4 Å². The van der Waals surface area contributed by atoms with Gasteiger partial charge < -0.3 is 35.6 Å². The minimum Gasteiger partial charge on any atom is -0.493 e. The SMILES string of the molecule is COc1ccc(C2(C#N)CCC(C(=O)O)CC2)cc1OC1CCCC1.NC(CO)(CO)CO. The van der Waals surface area contributed by atoms with E-state index < -0.39 is 36.7 Å². The highest BCUT2D eigenvalue weighted by Gasteiger charge is 2.39. The minimum atomic E-state index is -1.21. The molecule has 0 unspecified atom stereocenters. The van der Waals surface area contributed by atoms with Gasteiger partial charge in [0.25, 0.3) is 0 Å². The van der Waals surface area contributed by atoms with E-state index in [1.165, 1.54) is 12.8 Å². The monoisotopic (exact) mass is 464 g/mol. The van der Waals surface area contributed by atoms with E-state index in [0.29, 0.717) is 37.2 Å². The minimum absolute atomic E-state index is 0.213. The van der Waals surface area contributed by atoms with Crippen molar-refractivity contribution in [2.45, 2.75) is 68.4 Å². The van der Waals surface area contributed by atoms with Gasteiger partial charge in [-0.3, -0.25) is 4.79 Å². The fraction of sp³-hybridized carbons (Fsp3) is 0.667. The highest BCUT2D eigenvalue weighted by molar-refractivity contribution is 5.70. The lowest BCUT2D eigenvalue weighted by Gasteiger charge is -2.34. The number of carboxylic acid groups (broad SMARTS) is 1. The van der Waals surface area contributed by atoms with E-state index in [2.05, 4.69) is 6.07 Å². The average Bonchev–Trinajstić information content (AvgIpc) is 3.37. The summed E-state index contributed by atoms with van der Waals surface area (Å²) in [6.45, 7) is -1.21. The lowest BCUT2D eigenvalue weighted by atomic mass is 9.67. The average molecular weight is 465 g/mol. The van der Waals surface area contributed by atoms with Crippen LogP contribution in [0.4, 0.5) is 0 Å². The van der Waals surface area contributed by atoms with Gasteiger partial charge in [0, 0.05) is 0 Å². The molecule has 1 aromatic carbocycles. The van der Waals surface area contributed by atoms with Crippen LogP contribution in [0.1, 0.15) is 56.9 Å². The summed E-state index contributed by atoms with van der Waals surface area (Å²) in [7, 11) is 1.62. The second-order valence-electron chi connectivity index (χ2n) is 9.03. The van der Waals surface area contributed by atoms with Crippen molar-refractivity contribution in [1.82, 2.24) is 0 Å². The first-order valence-corrected chi connectivity index (χ1v) is 11.4. The number of aliphatic carboxylic acids is 1. The van der Waals surface area contributed by atoms with Gasteiger partial charge in [-0.15, -0.1) is 0 Å². The summed E-state index contributed by atoms with van der Waals surface area (Å²) in [5, 5.41) is 44.1. The summed E-state index contributed by atoms with van der Waals surface area (Å²) in [6.07, 6.45) is 6.89. The number of nitrogens with two attached hydrogens (primary N) is 1. The Labute approximate surface area is 194 Å². The van der Waals surface area contributed by atoms with E-state index in [-0.39, 0.29) is 12.0 Å². The quantitative estimate of drug-likeness (QED) is 0.385. The van der Waals surface area contributed by atoms with E-state index in [1.807, 2.05) is 18.2 Å². The van der Waals surface area contributed by atoms with Gasteiger partial charge in [0.1, 0.15) is 0 Å². The van der Waals surface area contributed by atoms with E-state index in [1.54, 1.807) is 7.11 Å². The lowest BCUT2D eigenvalue weighted by molar-refractivity contribution is -0.143. The number of carboxylic acids is 1. The van der Waals surface area contributed by atoms with Crippen molar-refractivity contribution in [2.75, 3.05) is 26.9 Å². The van der Waals surface area contributed by atoms with Crippen molar-refractivity contribution in [1.29, 1.82) is 5.26 Å². The number of rotatable bonds is 8. The molecular formula is C24H36N2O7. The second-order valence-corrected chi connectivity index (χ2v) is 9.03. The van der Waals surface area contributed by atoms with E-state index in [4.69, 9.17) is 30.5 Å². The van der Waals surface area contributed by atoms with Gasteiger partial charge >= 0.3 is 5.97 Å². The summed E-state index contributed by atoms with van der Waals surface area (Å²) in [4.78, 5) is 11.2. The molecular weight excluding hydrogens is 428 g/mol. The molecule has 2 aliphatic carbocycles. The highest BCUT2D eigenvalue weighted by Crippen LogP contribution is 2.44. The number of nitriles is 1. The third kappa shape index (κ3) is 6.81. The van der Waals surface area contributed by atoms with Crippen molar-refractivity contribution in [3.63, 3.8) is 0 Å². The molecule has 0 atom stereocenters. The van der Waals surface area contributed by atoms with Gasteiger partial charge in [-0.1, -0.05) is 6.07 Å². The van der Waals surface area contributed by atoms with Crippen LogP contribution < -0.4 is 15.2 Å². The molecule has 184 valence electrons. The fourth-order valence-corrected chi connectivity index (χ4v) is 4.22. The zero-order valence-corrected chi connectivity index (χ0v) is 19.2. The summed E-state index contributed by atoms with van der Waals surface area (Å²) in [5.41, 5.74) is 4.21. The Balaban J connectivity index is 0.000000414. The maximum absolute atomic E-state index is 11.2. The van der Waals surface area contributed by atoms with Crippen LogP contribution in [0.5, 0.6) is 11.5 Å². The smallest absolute Gasteiger partial charge is 0.306 e. The summed E-state index contributed by atoms with van der Waals surface area (Å²) < 4.78 is 11.6. The number of nitrogens with zero attached hydrogens (tertiary/aromatic N) is 1. The zero-order valence-electron chi connectivity index (χ0n) is 19.2. The topological polar surface area (TPSA) is 166 Å². The summed E-state index contributed by atoms with van der Waals surface area (Å²) >= 11 is 0. The fourth-order valence-electron chi connectivity index (χ4n) is 4.22. The molecule has 0 aromatic heterocycles. The van der Waals surface area contributed by atoms with Crippen molar-refractivity contribution in [3.05, 3.63) is 23.8 Å². The molecule has 0 saturated heterocycles. The second kappa shape index (κ2) is 12.2. The summed E-state index contributed by atoms with van der Waals surface area (Å²) in [5.74, 6) is 0.283. The van der Waals surface area contributed by atoms with Gasteiger partial charge in [-0.25, -0.2) is 0 Å². The maximum Gasteiger partial charge on any atom is 0.306 e. The van der Waals surface area contributed by atoms with Gasteiger partial charge in [-0.2, -0.15) is 5.26 Å². The predicted octanol–water partition coefficient (Wildman–Crippen LogP) is 1.71. The molecule has 0 heterocycles. The molecule has 2 fully saturated rings. The first-order chi connectivity index (χ1) is 15.8. The van der Waals surface area contributed by atoms with Crippen molar-refractivity contribution >= 4 is 5.97 Å². The van der Waals surface area contributed by atoms with Gasteiger partial charge in [0.2, 0.25) is 0 Å². The van der Waals surface area contributed by atoms with Crippen LogP contribution in [0.2, 0.25) is 0 Å². The molecule has 0 radical (unpaired) electrons. The standard InChI is InChI=1S/C20H25NO4.C4H11NO3/c1-24-17-7-6-15(12-18(17)25-16-4-2-3-5-16)20(13-21)10-8-14(9-11-20)19(22)23;5-4(1-6,2-7)3-8/h6-7,12,14,16H,2-5,8-11H2,1H3,(H,22,23);6-8H,1-3,5H2. The Morgan fingerprint density at radius 2 is 1.70 bits per heavy atom. The van der Waals surface area contributed by atoms with Gasteiger partial charge in [0.05, 0.1) is 56.0 Å². The molecule has 2 saturated carbocycles. The number of hydrogen-bond acceptors (Lipinski definition) is 8. The third-order valence-corrected chi connectivity index (χ3v) is 6.66. The molecule has 33 heavy (non-hydrogen) atoms. The first kappa shape index (κ1) is 26.9. The van der Waals surface area contributed by atoms with E-state index in [9.17, 15) is 15.2 Å². The number of ether oxygens (including phenoxy) is 2. The van der Waals surface area contributed by atoms with Crippen molar-refractivity contribution < 1.29 is 34.7 Å². The van der Waals surface area contributed by atoms with Crippen LogP contribution in [0.15, 0.2) is 18.2 Å². The first-order valence-electron chi connectivity index (χ1n) is 11.4. The number of methoxy groups -OCH3 is 1. The summed E-state index contributed by atoms with van der Waals surface area (Å²) in [6, 6.07) is 8.18. The zero-order chi connectivity index (χ0) is 24.5. The van der Waals surface area contributed by atoms with Gasteiger partial charge in [-0.05, 0) is 69.1 Å². The Morgan fingerprint density at radius 1 is 1.12 bits per heavy atom. The largest absolute Gasteiger partial charge is 0.493 e. The molecule has 0 spiro atoms. The molecule has 2 aliphatic rings. The third-order valence-electron chi connectivity index (χ3n) is 6.66. The number of benzene rings is 1. The lowest BCUT2D eigenvalue weighted by Crippen LogP contribution is -2.50. The number of hydrogen-bond donors (Lipinski definition) is 5. The molecule has 0 bridgehead atoms. The maximum atomic E-state index is 11.2.